The monoisotopic (exact) mass is 234 g/mol. The molecular weight excluding hydrogens is 228 g/mol. The number of rotatable bonds is 3. The van der Waals surface area contributed by atoms with Crippen LogP contribution in [0.25, 0.3) is 0 Å². The molecule has 1 rings (SSSR count). The third kappa shape index (κ3) is 1.80. The van der Waals surface area contributed by atoms with Gasteiger partial charge in [0.2, 0.25) is 0 Å². The molecule has 0 aliphatic rings. The van der Waals surface area contributed by atoms with E-state index in [0.717, 1.165) is 0 Å². The van der Waals surface area contributed by atoms with Crippen LogP contribution in [0.15, 0.2) is 10.7 Å². The molecule has 66 valence electrons. The molecule has 0 saturated carbocycles. The molecule has 0 fully saturated rings. The summed E-state index contributed by atoms with van der Waals surface area (Å²) in [5.41, 5.74) is 5.25. The molecule has 0 saturated heterocycles. The highest BCUT2D eigenvalue weighted by atomic mass is 79.9. The van der Waals surface area contributed by atoms with Crippen molar-refractivity contribution in [3.05, 3.63) is 20.8 Å². The molecule has 0 bridgehead atoms. The van der Waals surface area contributed by atoms with Crippen LogP contribution in [0.4, 0.5) is 5.82 Å². The molecule has 12 heavy (non-hydrogen) atoms. The molecule has 0 unspecified atom stereocenters. The van der Waals surface area contributed by atoms with Crippen molar-refractivity contribution in [2.24, 2.45) is 5.73 Å². The van der Waals surface area contributed by atoms with E-state index in [1.54, 1.807) is 0 Å². The first-order valence-corrected chi connectivity index (χ1v) is 4.02. The second kappa shape index (κ2) is 3.63. The quantitative estimate of drug-likeness (QED) is 0.610. The molecule has 1 aromatic rings. The van der Waals surface area contributed by atoms with E-state index in [-0.39, 0.29) is 5.82 Å². The van der Waals surface area contributed by atoms with Gasteiger partial charge < -0.3 is 15.8 Å². The van der Waals surface area contributed by atoms with Gasteiger partial charge >= 0.3 is 5.82 Å². The van der Waals surface area contributed by atoms with Crippen LogP contribution in [-0.4, -0.2) is 21.2 Å². The Balaban J connectivity index is 2.92. The number of nitrogens with two attached hydrogens (primary N) is 1. The first-order chi connectivity index (χ1) is 5.65. The molecular formula is C5H7BrN4O2. The fourth-order valence-electron chi connectivity index (χ4n) is 0.757. The molecule has 7 heteroatoms. The van der Waals surface area contributed by atoms with E-state index in [1.165, 1.54) is 10.9 Å². The zero-order valence-electron chi connectivity index (χ0n) is 6.11. The van der Waals surface area contributed by atoms with Crippen molar-refractivity contribution >= 4 is 21.7 Å². The van der Waals surface area contributed by atoms with Crippen molar-refractivity contribution in [2.45, 2.75) is 6.54 Å². The number of nitro groups is 1. The Bertz CT molecular complexity index is 298. The number of halogens is 1. The maximum Gasteiger partial charge on any atom is 0.404 e. The fraction of sp³-hybridized carbons (Fsp3) is 0.400. The van der Waals surface area contributed by atoms with Crippen molar-refractivity contribution in [1.29, 1.82) is 0 Å². The second-order valence-corrected chi connectivity index (χ2v) is 2.96. The summed E-state index contributed by atoms with van der Waals surface area (Å²) in [6.07, 6.45) is 1.53. The number of hydrogen-bond acceptors (Lipinski definition) is 4. The summed E-state index contributed by atoms with van der Waals surface area (Å²) in [5.74, 6) is -0.177. The van der Waals surface area contributed by atoms with E-state index in [1.807, 2.05) is 0 Å². The van der Waals surface area contributed by atoms with Crippen LogP contribution >= 0.6 is 15.9 Å². The van der Waals surface area contributed by atoms with Crippen molar-refractivity contribution in [3.63, 3.8) is 0 Å². The average molecular weight is 235 g/mol. The van der Waals surface area contributed by atoms with Crippen LogP contribution in [0, 0.1) is 10.1 Å². The van der Waals surface area contributed by atoms with E-state index in [9.17, 15) is 10.1 Å². The van der Waals surface area contributed by atoms with Gasteiger partial charge in [0.05, 0.1) is 17.8 Å². The minimum absolute atomic E-state index is 0.177. The molecule has 0 radical (unpaired) electrons. The maximum absolute atomic E-state index is 10.3. The summed E-state index contributed by atoms with van der Waals surface area (Å²) in [5, 5.41) is 14.0. The van der Waals surface area contributed by atoms with Gasteiger partial charge in [-0.3, -0.25) is 0 Å². The first kappa shape index (κ1) is 9.14. The van der Waals surface area contributed by atoms with Crippen molar-refractivity contribution < 1.29 is 4.92 Å². The number of nitrogens with zero attached hydrogens (tertiary/aromatic N) is 3. The van der Waals surface area contributed by atoms with Gasteiger partial charge in [-0.2, -0.15) is 4.68 Å². The van der Waals surface area contributed by atoms with Gasteiger partial charge in [-0.05, 0) is 20.9 Å². The molecule has 0 aliphatic carbocycles. The van der Waals surface area contributed by atoms with E-state index >= 15 is 0 Å². The topological polar surface area (TPSA) is 87.0 Å². The summed E-state index contributed by atoms with van der Waals surface area (Å²) in [6, 6.07) is 0. The SMILES string of the molecule is NCCn1cc(Br)c([N+](=O)[O-])n1. The number of hydrogen-bond donors (Lipinski definition) is 1. The zero-order chi connectivity index (χ0) is 9.14. The zero-order valence-corrected chi connectivity index (χ0v) is 7.69. The first-order valence-electron chi connectivity index (χ1n) is 3.22. The highest BCUT2D eigenvalue weighted by Gasteiger charge is 2.17. The van der Waals surface area contributed by atoms with Crippen LogP contribution in [0.1, 0.15) is 0 Å². The van der Waals surface area contributed by atoms with Gasteiger partial charge in [0.1, 0.15) is 4.47 Å². The van der Waals surface area contributed by atoms with Crippen LogP contribution < -0.4 is 5.73 Å². The lowest BCUT2D eigenvalue weighted by Gasteiger charge is -1.88. The summed E-state index contributed by atoms with van der Waals surface area (Å²) in [6.45, 7) is 0.887. The summed E-state index contributed by atoms with van der Waals surface area (Å²) >= 11 is 3.02. The Labute approximate surface area is 76.6 Å². The van der Waals surface area contributed by atoms with Crippen molar-refractivity contribution in [3.8, 4) is 0 Å². The molecule has 0 aliphatic heterocycles. The third-order valence-corrected chi connectivity index (χ3v) is 1.79. The highest BCUT2D eigenvalue weighted by Crippen LogP contribution is 2.21. The predicted molar refractivity (Wildman–Crippen MR) is 45.6 cm³/mol. The highest BCUT2D eigenvalue weighted by molar-refractivity contribution is 9.10. The van der Waals surface area contributed by atoms with Crippen LogP contribution in [0.5, 0.6) is 0 Å². The van der Waals surface area contributed by atoms with E-state index < -0.39 is 4.92 Å². The Hall–Kier alpha value is -0.950. The van der Waals surface area contributed by atoms with Gasteiger partial charge in [0, 0.05) is 6.54 Å². The Morgan fingerprint density at radius 2 is 2.50 bits per heavy atom. The van der Waals surface area contributed by atoms with E-state index in [0.29, 0.717) is 17.6 Å². The van der Waals surface area contributed by atoms with Crippen LogP contribution in [0.2, 0.25) is 0 Å². The summed E-state index contributed by atoms with van der Waals surface area (Å²) in [7, 11) is 0. The Kier molecular flexibility index (Phi) is 2.77. The van der Waals surface area contributed by atoms with Crippen LogP contribution in [0.3, 0.4) is 0 Å². The summed E-state index contributed by atoms with van der Waals surface area (Å²) in [4.78, 5) is 9.76. The average Bonchev–Trinajstić information content (AvgIpc) is 2.32. The smallest absolute Gasteiger partial charge is 0.358 e. The third-order valence-electron chi connectivity index (χ3n) is 1.23. The Morgan fingerprint density at radius 3 is 2.92 bits per heavy atom. The van der Waals surface area contributed by atoms with Gasteiger partial charge in [0.15, 0.2) is 0 Å². The standard InChI is InChI=1S/C5H7BrN4O2/c6-4-3-9(2-1-7)8-5(4)10(11)12/h3H,1-2,7H2. The molecule has 0 amide bonds. The second-order valence-electron chi connectivity index (χ2n) is 2.11. The number of aromatic nitrogens is 2. The van der Waals surface area contributed by atoms with Crippen LogP contribution in [-0.2, 0) is 6.54 Å². The Morgan fingerprint density at radius 1 is 1.83 bits per heavy atom. The molecule has 0 spiro atoms. The molecule has 0 aromatic carbocycles. The molecule has 1 aromatic heterocycles. The predicted octanol–water partition coefficient (Wildman–Crippen LogP) is 0.512. The van der Waals surface area contributed by atoms with Gasteiger partial charge in [0.25, 0.3) is 0 Å². The summed E-state index contributed by atoms with van der Waals surface area (Å²) < 4.78 is 1.81. The van der Waals surface area contributed by atoms with E-state index in [4.69, 9.17) is 5.73 Å². The van der Waals surface area contributed by atoms with Crippen molar-refractivity contribution in [1.82, 2.24) is 9.78 Å². The largest absolute Gasteiger partial charge is 0.404 e. The lowest BCUT2D eigenvalue weighted by molar-refractivity contribution is -0.390. The van der Waals surface area contributed by atoms with Gasteiger partial charge in [-0.15, -0.1) is 0 Å². The van der Waals surface area contributed by atoms with Gasteiger partial charge in [-0.25, -0.2) is 0 Å². The molecule has 0 atom stereocenters. The van der Waals surface area contributed by atoms with Crippen molar-refractivity contribution in [2.75, 3.05) is 6.54 Å². The molecule has 6 nitrogen and oxygen atoms in total. The molecule has 1 heterocycles. The fourth-order valence-corrected chi connectivity index (χ4v) is 1.22. The minimum Gasteiger partial charge on any atom is -0.358 e. The lowest BCUT2D eigenvalue weighted by Crippen LogP contribution is -2.10. The maximum atomic E-state index is 10.3. The van der Waals surface area contributed by atoms with Gasteiger partial charge in [-0.1, -0.05) is 0 Å². The van der Waals surface area contributed by atoms with E-state index in [2.05, 4.69) is 21.0 Å². The lowest BCUT2D eigenvalue weighted by atomic mass is 10.6. The normalized spacial score (nSPS) is 10.2. The molecule has 2 N–H and O–H groups in total. The minimum atomic E-state index is -0.545.